The second-order valence-electron chi connectivity index (χ2n) is 4.03. The SMILES string of the molecule is COc1ccc(COc2c(Cl)cccc2C=O)cc1F. The third kappa shape index (κ3) is 3.08. The third-order valence-corrected chi connectivity index (χ3v) is 3.02. The first-order valence-electron chi connectivity index (χ1n) is 5.84. The Hall–Kier alpha value is -2.07. The number of aldehydes is 1. The predicted molar refractivity (Wildman–Crippen MR) is 74.1 cm³/mol. The molecule has 2 aromatic carbocycles. The van der Waals surface area contributed by atoms with Crippen LogP contribution in [0.25, 0.3) is 0 Å². The monoisotopic (exact) mass is 294 g/mol. The number of benzene rings is 2. The van der Waals surface area contributed by atoms with Gasteiger partial charge in [0.1, 0.15) is 12.4 Å². The minimum atomic E-state index is -0.469. The Kier molecular flexibility index (Phi) is 4.58. The minimum Gasteiger partial charge on any atom is -0.494 e. The summed E-state index contributed by atoms with van der Waals surface area (Å²) in [6, 6.07) is 9.39. The molecule has 0 bridgehead atoms. The summed E-state index contributed by atoms with van der Waals surface area (Å²) in [4.78, 5) is 10.9. The molecule has 2 aromatic rings. The van der Waals surface area contributed by atoms with Crippen LogP contribution < -0.4 is 9.47 Å². The quantitative estimate of drug-likeness (QED) is 0.785. The van der Waals surface area contributed by atoms with Gasteiger partial charge in [0.25, 0.3) is 0 Å². The fourth-order valence-electron chi connectivity index (χ4n) is 1.73. The molecule has 0 saturated heterocycles. The maximum absolute atomic E-state index is 13.5. The number of carbonyl (C=O) groups is 1. The van der Waals surface area contributed by atoms with Crippen molar-refractivity contribution >= 4 is 17.9 Å². The lowest BCUT2D eigenvalue weighted by molar-refractivity contribution is 0.111. The molecule has 3 nitrogen and oxygen atoms in total. The molecule has 0 fully saturated rings. The largest absolute Gasteiger partial charge is 0.494 e. The zero-order chi connectivity index (χ0) is 14.5. The Morgan fingerprint density at radius 1 is 1.30 bits per heavy atom. The Morgan fingerprint density at radius 3 is 2.75 bits per heavy atom. The molecule has 2 rings (SSSR count). The van der Waals surface area contributed by atoms with E-state index in [1.54, 1.807) is 24.3 Å². The fraction of sp³-hybridized carbons (Fsp3) is 0.133. The predicted octanol–water partition coefficient (Wildman–Crippen LogP) is 3.88. The highest BCUT2D eigenvalue weighted by Gasteiger charge is 2.09. The van der Waals surface area contributed by atoms with Crippen LogP contribution in [-0.2, 0) is 6.61 Å². The van der Waals surface area contributed by atoms with Gasteiger partial charge in [-0.25, -0.2) is 4.39 Å². The van der Waals surface area contributed by atoms with Gasteiger partial charge in [0.05, 0.1) is 17.7 Å². The van der Waals surface area contributed by atoms with Gasteiger partial charge in [-0.3, -0.25) is 4.79 Å². The summed E-state index contributed by atoms with van der Waals surface area (Å²) >= 11 is 5.98. The van der Waals surface area contributed by atoms with E-state index in [0.29, 0.717) is 28.2 Å². The maximum Gasteiger partial charge on any atom is 0.165 e. The summed E-state index contributed by atoms with van der Waals surface area (Å²) in [6.07, 6.45) is 0.663. The van der Waals surface area contributed by atoms with Crippen LogP contribution in [0.1, 0.15) is 15.9 Å². The van der Waals surface area contributed by atoms with Crippen LogP contribution >= 0.6 is 11.6 Å². The summed E-state index contributed by atoms with van der Waals surface area (Å²) in [5.41, 5.74) is 0.964. The number of hydrogen-bond donors (Lipinski definition) is 0. The van der Waals surface area contributed by atoms with E-state index < -0.39 is 5.82 Å². The Labute approximate surface area is 120 Å². The maximum atomic E-state index is 13.5. The van der Waals surface area contributed by atoms with Crippen molar-refractivity contribution in [3.63, 3.8) is 0 Å². The molecule has 0 amide bonds. The lowest BCUT2D eigenvalue weighted by Gasteiger charge is -2.11. The van der Waals surface area contributed by atoms with Crippen molar-refractivity contribution in [1.29, 1.82) is 0 Å². The van der Waals surface area contributed by atoms with Crippen LogP contribution in [0.4, 0.5) is 4.39 Å². The molecule has 0 saturated carbocycles. The highest BCUT2D eigenvalue weighted by molar-refractivity contribution is 6.32. The van der Waals surface area contributed by atoms with Crippen LogP contribution in [0.2, 0.25) is 5.02 Å². The molecule has 20 heavy (non-hydrogen) atoms. The summed E-state index contributed by atoms with van der Waals surface area (Å²) in [5.74, 6) is -0.0103. The van der Waals surface area contributed by atoms with Crippen LogP contribution in [0.5, 0.6) is 11.5 Å². The fourth-order valence-corrected chi connectivity index (χ4v) is 1.96. The van der Waals surface area contributed by atoms with Crippen molar-refractivity contribution in [2.75, 3.05) is 7.11 Å². The molecular formula is C15H12ClFO3. The number of methoxy groups -OCH3 is 1. The average molecular weight is 295 g/mol. The molecule has 0 unspecified atom stereocenters. The van der Waals surface area contributed by atoms with Crippen molar-refractivity contribution in [3.05, 3.63) is 58.4 Å². The molecule has 0 aliphatic rings. The number of para-hydroxylation sites is 1. The molecule has 0 radical (unpaired) electrons. The summed E-state index contributed by atoms with van der Waals surface area (Å²) in [5, 5.41) is 0.337. The van der Waals surface area contributed by atoms with Gasteiger partial charge in [-0.15, -0.1) is 0 Å². The lowest BCUT2D eigenvalue weighted by Crippen LogP contribution is -2.00. The van der Waals surface area contributed by atoms with E-state index in [9.17, 15) is 9.18 Å². The third-order valence-electron chi connectivity index (χ3n) is 2.72. The van der Waals surface area contributed by atoms with Gasteiger partial charge in [0.2, 0.25) is 0 Å². The second-order valence-corrected chi connectivity index (χ2v) is 4.44. The van der Waals surface area contributed by atoms with E-state index in [0.717, 1.165) is 0 Å². The molecule has 0 aliphatic heterocycles. The molecule has 0 spiro atoms. The summed E-state index contributed by atoms with van der Waals surface area (Å²) in [6.45, 7) is 0.103. The molecule has 104 valence electrons. The second kappa shape index (κ2) is 6.39. The summed E-state index contributed by atoms with van der Waals surface area (Å²) in [7, 11) is 1.40. The first kappa shape index (κ1) is 14.3. The van der Waals surface area contributed by atoms with Gasteiger partial charge in [0.15, 0.2) is 17.9 Å². The highest BCUT2D eigenvalue weighted by atomic mass is 35.5. The number of rotatable bonds is 5. The van der Waals surface area contributed by atoms with Crippen molar-refractivity contribution in [2.24, 2.45) is 0 Å². The lowest BCUT2D eigenvalue weighted by atomic mass is 10.2. The van der Waals surface area contributed by atoms with Crippen LogP contribution in [0.15, 0.2) is 36.4 Å². The van der Waals surface area contributed by atoms with Crippen molar-refractivity contribution in [2.45, 2.75) is 6.61 Å². The molecular weight excluding hydrogens is 283 g/mol. The van der Waals surface area contributed by atoms with Crippen molar-refractivity contribution < 1.29 is 18.7 Å². The molecule has 5 heteroatoms. The van der Waals surface area contributed by atoms with E-state index in [-0.39, 0.29) is 12.4 Å². The number of halogens is 2. The van der Waals surface area contributed by atoms with E-state index in [4.69, 9.17) is 21.1 Å². The van der Waals surface area contributed by atoms with Crippen molar-refractivity contribution in [1.82, 2.24) is 0 Å². The smallest absolute Gasteiger partial charge is 0.165 e. The number of carbonyl (C=O) groups excluding carboxylic acids is 1. The zero-order valence-corrected chi connectivity index (χ0v) is 11.5. The van der Waals surface area contributed by atoms with Gasteiger partial charge in [-0.1, -0.05) is 23.7 Å². The standard InChI is InChI=1S/C15H12ClFO3/c1-19-14-6-5-10(7-13(14)17)9-20-15-11(8-18)3-2-4-12(15)16/h2-8H,9H2,1H3. The van der Waals surface area contributed by atoms with Crippen LogP contribution in [0, 0.1) is 5.82 Å². The van der Waals surface area contributed by atoms with Gasteiger partial charge in [-0.05, 0) is 29.8 Å². The normalized spacial score (nSPS) is 10.2. The Bertz CT molecular complexity index is 629. The van der Waals surface area contributed by atoms with E-state index in [1.165, 1.54) is 19.2 Å². The molecule has 0 aromatic heterocycles. The number of hydrogen-bond acceptors (Lipinski definition) is 3. The molecule has 0 N–H and O–H groups in total. The number of ether oxygens (including phenoxy) is 2. The minimum absolute atomic E-state index is 0.103. The summed E-state index contributed by atoms with van der Waals surface area (Å²) < 4.78 is 23.9. The van der Waals surface area contributed by atoms with Crippen LogP contribution in [0.3, 0.4) is 0 Å². The van der Waals surface area contributed by atoms with E-state index >= 15 is 0 Å². The molecule has 0 atom stereocenters. The van der Waals surface area contributed by atoms with E-state index in [1.807, 2.05) is 0 Å². The van der Waals surface area contributed by atoms with Gasteiger partial charge >= 0.3 is 0 Å². The van der Waals surface area contributed by atoms with Gasteiger partial charge in [0, 0.05) is 0 Å². The van der Waals surface area contributed by atoms with Gasteiger partial charge < -0.3 is 9.47 Å². The molecule has 0 aliphatic carbocycles. The zero-order valence-electron chi connectivity index (χ0n) is 10.7. The van der Waals surface area contributed by atoms with E-state index in [2.05, 4.69) is 0 Å². The topological polar surface area (TPSA) is 35.5 Å². The van der Waals surface area contributed by atoms with Gasteiger partial charge in [-0.2, -0.15) is 0 Å². The highest BCUT2D eigenvalue weighted by Crippen LogP contribution is 2.28. The Morgan fingerprint density at radius 2 is 2.10 bits per heavy atom. The molecule has 0 heterocycles. The first-order valence-corrected chi connectivity index (χ1v) is 6.22. The first-order chi connectivity index (χ1) is 9.65. The average Bonchev–Trinajstić information content (AvgIpc) is 2.46. The van der Waals surface area contributed by atoms with Crippen molar-refractivity contribution in [3.8, 4) is 11.5 Å². The van der Waals surface area contributed by atoms with Crippen LogP contribution in [-0.4, -0.2) is 13.4 Å². The Balaban J connectivity index is 2.17.